The SMILES string of the molecule is CCOCCCN(CC(=O)N(CCc1ccc(OC)c(OC)c1)Cc1ccc(C)s1)C(=O)C12CC3CC(CC(C3)C1)C2. The van der Waals surface area contributed by atoms with Crippen molar-refractivity contribution < 1.29 is 23.8 Å². The zero-order chi connectivity index (χ0) is 29.7. The van der Waals surface area contributed by atoms with Crippen LogP contribution in [0.5, 0.6) is 11.5 Å². The van der Waals surface area contributed by atoms with Crippen molar-refractivity contribution in [1.29, 1.82) is 0 Å². The lowest BCUT2D eigenvalue weighted by Crippen LogP contribution is -2.56. The highest BCUT2D eigenvalue weighted by Crippen LogP contribution is 2.60. The van der Waals surface area contributed by atoms with Crippen molar-refractivity contribution in [2.24, 2.45) is 23.2 Å². The number of hydrogen-bond acceptors (Lipinski definition) is 6. The van der Waals surface area contributed by atoms with Crippen LogP contribution in [-0.4, -0.2) is 68.7 Å². The molecule has 2 aromatic rings. The maximum atomic E-state index is 14.4. The van der Waals surface area contributed by atoms with Gasteiger partial charge < -0.3 is 24.0 Å². The van der Waals surface area contributed by atoms with Gasteiger partial charge in [-0.1, -0.05) is 6.07 Å². The largest absolute Gasteiger partial charge is 0.493 e. The maximum absolute atomic E-state index is 14.4. The fraction of sp³-hybridized carbons (Fsp3) is 0.647. The molecule has 1 aromatic carbocycles. The number of ether oxygens (including phenoxy) is 3. The van der Waals surface area contributed by atoms with Crippen molar-refractivity contribution in [3.8, 4) is 11.5 Å². The summed E-state index contributed by atoms with van der Waals surface area (Å²) in [7, 11) is 3.27. The molecule has 1 heterocycles. The number of aryl methyl sites for hydroxylation is 1. The van der Waals surface area contributed by atoms with Gasteiger partial charge in [0, 0.05) is 36.1 Å². The van der Waals surface area contributed by atoms with Crippen LogP contribution in [0, 0.1) is 30.1 Å². The van der Waals surface area contributed by atoms with Crippen molar-refractivity contribution in [2.75, 3.05) is 47.1 Å². The first-order valence-corrected chi connectivity index (χ1v) is 16.5. The van der Waals surface area contributed by atoms with E-state index in [2.05, 4.69) is 19.1 Å². The summed E-state index contributed by atoms with van der Waals surface area (Å²) in [4.78, 5) is 34.7. The number of carbonyl (C=O) groups is 2. The Morgan fingerprint density at radius 3 is 2.21 bits per heavy atom. The van der Waals surface area contributed by atoms with Crippen LogP contribution in [0.2, 0.25) is 0 Å². The van der Waals surface area contributed by atoms with Gasteiger partial charge >= 0.3 is 0 Å². The second-order valence-corrected chi connectivity index (χ2v) is 14.1. The average molecular weight is 597 g/mol. The van der Waals surface area contributed by atoms with E-state index < -0.39 is 0 Å². The maximum Gasteiger partial charge on any atom is 0.242 e. The minimum Gasteiger partial charge on any atom is -0.493 e. The smallest absolute Gasteiger partial charge is 0.242 e. The van der Waals surface area contributed by atoms with Crippen molar-refractivity contribution in [2.45, 2.75) is 71.8 Å². The van der Waals surface area contributed by atoms with E-state index in [1.807, 2.05) is 34.9 Å². The molecule has 4 bridgehead atoms. The van der Waals surface area contributed by atoms with Gasteiger partial charge in [-0.25, -0.2) is 0 Å². The van der Waals surface area contributed by atoms with E-state index in [0.717, 1.165) is 36.1 Å². The van der Waals surface area contributed by atoms with Gasteiger partial charge in [-0.15, -0.1) is 11.3 Å². The molecule has 4 aliphatic rings. The Morgan fingerprint density at radius 2 is 1.62 bits per heavy atom. The standard InChI is InChI=1S/C34H48N2O5S/c1-5-41-14-6-12-36(33(38)34-19-26-15-27(20-34)17-28(16-26)21-34)23-32(37)35(22-29-9-7-24(2)42-29)13-11-25-8-10-30(39-3)31(18-25)40-4/h7-10,18,26-28H,5-6,11-17,19-23H2,1-4H3. The number of hydrogen-bond donors (Lipinski definition) is 0. The molecule has 7 nitrogen and oxygen atoms in total. The molecule has 230 valence electrons. The molecular formula is C34H48N2O5S. The van der Waals surface area contributed by atoms with Crippen LogP contribution in [0.15, 0.2) is 30.3 Å². The Balaban J connectivity index is 1.33. The number of rotatable bonds is 15. The second kappa shape index (κ2) is 13.8. The molecule has 0 saturated heterocycles. The Morgan fingerprint density at radius 1 is 0.929 bits per heavy atom. The molecule has 1 aromatic heterocycles. The third-order valence-electron chi connectivity index (χ3n) is 9.64. The van der Waals surface area contributed by atoms with Crippen molar-refractivity contribution >= 4 is 23.2 Å². The Kier molecular flexibility index (Phi) is 10.1. The Bertz CT molecular complexity index is 1190. The molecule has 0 atom stereocenters. The van der Waals surface area contributed by atoms with E-state index >= 15 is 0 Å². The van der Waals surface area contributed by atoms with Crippen LogP contribution in [0.1, 0.15) is 67.2 Å². The fourth-order valence-corrected chi connectivity index (χ4v) is 8.98. The van der Waals surface area contributed by atoms with Crippen molar-refractivity contribution in [3.05, 3.63) is 45.6 Å². The van der Waals surface area contributed by atoms with Crippen LogP contribution >= 0.6 is 11.3 Å². The summed E-state index contributed by atoms with van der Waals surface area (Å²) in [5.74, 6) is 3.65. The molecule has 0 aliphatic heterocycles. The lowest BCUT2D eigenvalue weighted by Gasteiger charge is -2.56. The molecule has 0 unspecified atom stereocenters. The molecule has 6 rings (SSSR count). The van der Waals surface area contributed by atoms with E-state index in [1.165, 1.54) is 24.1 Å². The first kappa shape index (κ1) is 30.9. The molecule has 4 saturated carbocycles. The van der Waals surface area contributed by atoms with E-state index in [-0.39, 0.29) is 23.8 Å². The number of methoxy groups -OCH3 is 2. The third kappa shape index (κ3) is 7.13. The van der Waals surface area contributed by atoms with Gasteiger partial charge in [-0.2, -0.15) is 0 Å². The van der Waals surface area contributed by atoms with Crippen molar-refractivity contribution in [3.63, 3.8) is 0 Å². The molecular weight excluding hydrogens is 548 g/mol. The molecule has 2 amide bonds. The Hall–Kier alpha value is -2.58. The summed E-state index contributed by atoms with van der Waals surface area (Å²) < 4.78 is 16.5. The number of thiophene rings is 1. The minimum atomic E-state index is -0.268. The predicted octanol–water partition coefficient (Wildman–Crippen LogP) is 6.12. The van der Waals surface area contributed by atoms with E-state index in [1.54, 1.807) is 25.6 Å². The van der Waals surface area contributed by atoms with Gasteiger partial charge in [-0.05, 0) is 113 Å². The summed E-state index contributed by atoms with van der Waals surface area (Å²) in [6.45, 7) is 7.14. The summed E-state index contributed by atoms with van der Waals surface area (Å²) in [5.41, 5.74) is 0.807. The zero-order valence-corrected chi connectivity index (χ0v) is 26.7. The predicted molar refractivity (Wildman–Crippen MR) is 166 cm³/mol. The zero-order valence-electron chi connectivity index (χ0n) is 25.9. The first-order chi connectivity index (χ1) is 20.3. The van der Waals surface area contributed by atoms with Crippen LogP contribution < -0.4 is 9.47 Å². The van der Waals surface area contributed by atoms with Crippen LogP contribution in [-0.2, 0) is 27.3 Å². The summed E-state index contributed by atoms with van der Waals surface area (Å²) in [6, 6.07) is 10.1. The van der Waals surface area contributed by atoms with Gasteiger partial charge in [0.05, 0.1) is 32.7 Å². The average Bonchev–Trinajstić information content (AvgIpc) is 3.39. The molecule has 42 heavy (non-hydrogen) atoms. The quantitative estimate of drug-likeness (QED) is 0.232. The second-order valence-electron chi connectivity index (χ2n) is 12.7. The summed E-state index contributed by atoms with van der Waals surface area (Å²) in [5, 5.41) is 0. The van der Waals surface area contributed by atoms with Gasteiger partial charge in [0.1, 0.15) is 0 Å². The van der Waals surface area contributed by atoms with Gasteiger partial charge in [0.15, 0.2) is 11.5 Å². The lowest BCUT2D eigenvalue weighted by molar-refractivity contribution is -0.160. The van der Waals surface area contributed by atoms with Crippen LogP contribution in [0.4, 0.5) is 0 Å². The lowest BCUT2D eigenvalue weighted by atomic mass is 9.49. The van der Waals surface area contributed by atoms with Crippen LogP contribution in [0.3, 0.4) is 0 Å². The molecule has 0 N–H and O–H groups in total. The van der Waals surface area contributed by atoms with Gasteiger partial charge in [0.2, 0.25) is 11.8 Å². The number of carbonyl (C=O) groups excluding carboxylic acids is 2. The molecule has 0 radical (unpaired) electrons. The molecule has 4 fully saturated rings. The molecule has 0 spiro atoms. The highest BCUT2D eigenvalue weighted by atomic mass is 32.1. The van der Waals surface area contributed by atoms with Gasteiger partial charge in [0.25, 0.3) is 0 Å². The monoisotopic (exact) mass is 596 g/mol. The fourth-order valence-electron chi connectivity index (χ4n) is 8.08. The van der Waals surface area contributed by atoms with Crippen molar-refractivity contribution in [1.82, 2.24) is 9.80 Å². The third-order valence-corrected chi connectivity index (χ3v) is 10.6. The number of amides is 2. The normalized spacial score (nSPS) is 24.0. The summed E-state index contributed by atoms with van der Waals surface area (Å²) >= 11 is 1.72. The van der Waals surface area contributed by atoms with E-state index in [0.29, 0.717) is 68.5 Å². The topological polar surface area (TPSA) is 68.3 Å². The highest BCUT2D eigenvalue weighted by Gasteiger charge is 2.55. The van der Waals surface area contributed by atoms with Crippen LogP contribution in [0.25, 0.3) is 0 Å². The summed E-state index contributed by atoms with van der Waals surface area (Å²) in [6.07, 6.45) is 8.32. The first-order valence-electron chi connectivity index (χ1n) is 15.7. The number of nitrogens with zero attached hydrogens (tertiary/aromatic N) is 2. The van der Waals surface area contributed by atoms with Gasteiger partial charge in [-0.3, -0.25) is 9.59 Å². The van der Waals surface area contributed by atoms with E-state index in [9.17, 15) is 9.59 Å². The Labute approximate surface area is 255 Å². The minimum absolute atomic E-state index is 0.0102. The molecule has 4 aliphatic carbocycles. The number of benzene rings is 1. The van der Waals surface area contributed by atoms with E-state index in [4.69, 9.17) is 14.2 Å². The molecule has 8 heteroatoms. The highest BCUT2D eigenvalue weighted by molar-refractivity contribution is 7.11.